The highest BCUT2D eigenvalue weighted by atomic mass is 16.4. The van der Waals surface area contributed by atoms with Crippen molar-refractivity contribution in [2.75, 3.05) is 6.54 Å². The largest absolute Gasteiger partial charge is 0.480 e. The van der Waals surface area contributed by atoms with Crippen LogP contribution in [0.5, 0.6) is 0 Å². The van der Waals surface area contributed by atoms with E-state index in [1.54, 1.807) is 0 Å². The Hall–Kier alpha value is -1.10. The van der Waals surface area contributed by atoms with Crippen molar-refractivity contribution in [2.45, 2.75) is 51.5 Å². The summed E-state index contributed by atoms with van der Waals surface area (Å²) in [5.74, 6) is -1.15. The zero-order valence-corrected chi connectivity index (χ0v) is 9.87. The summed E-state index contributed by atoms with van der Waals surface area (Å²) in [5, 5.41) is 11.4. The molecular formula is C11H22N2O3. The lowest BCUT2D eigenvalue weighted by atomic mass is 10.1. The molecule has 1 atom stereocenters. The molecule has 0 spiro atoms. The van der Waals surface area contributed by atoms with Crippen molar-refractivity contribution in [1.82, 2.24) is 5.32 Å². The highest BCUT2D eigenvalue weighted by Crippen LogP contribution is 2.02. The van der Waals surface area contributed by atoms with Crippen molar-refractivity contribution in [1.29, 1.82) is 0 Å². The molecule has 0 fully saturated rings. The van der Waals surface area contributed by atoms with Gasteiger partial charge in [-0.15, -0.1) is 0 Å². The fourth-order valence-corrected chi connectivity index (χ4v) is 1.35. The summed E-state index contributed by atoms with van der Waals surface area (Å²) < 4.78 is 0. The first-order valence-corrected chi connectivity index (χ1v) is 5.84. The zero-order chi connectivity index (χ0) is 12.4. The van der Waals surface area contributed by atoms with Gasteiger partial charge in [0.1, 0.15) is 6.04 Å². The average molecular weight is 230 g/mol. The van der Waals surface area contributed by atoms with Crippen molar-refractivity contribution in [2.24, 2.45) is 5.73 Å². The topological polar surface area (TPSA) is 92.4 Å². The Labute approximate surface area is 96.4 Å². The Kier molecular flexibility index (Phi) is 8.52. The molecule has 5 nitrogen and oxygen atoms in total. The normalized spacial score (nSPS) is 12.1. The maximum Gasteiger partial charge on any atom is 0.326 e. The van der Waals surface area contributed by atoms with Gasteiger partial charge in [0.2, 0.25) is 5.91 Å². The molecule has 0 aromatic carbocycles. The predicted molar refractivity (Wildman–Crippen MR) is 62.0 cm³/mol. The number of carbonyl (C=O) groups is 2. The lowest BCUT2D eigenvalue weighted by Crippen LogP contribution is -2.40. The van der Waals surface area contributed by atoms with Gasteiger partial charge < -0.3 is 16.2 Å². The van der Waals surface area contributed by atoms with E-state index in [1.165, 1.54) is 0 Å². The number of carbonyl (C=O) groups excluding carboxylic acids is 1. The summed E-state index contributed by atoms with van der Waals surface area (Å²) in [7, 11) is 0. The molecule has 0 aliphatic heterocycles. The number of carboxylic acid groups (broad SMARTS) is 1. The molecule has 4 N–H and O–H groups in total. The van der Waals surface area contributed by atoms with Gasteiger partial charge in [-0.1, -0.05) is 13.3 Å². The van der Waals surface area contributed by atoms with E-state index in [-0.39, 0.29) is 5.91 Å². The molecule has 16 heavy (non-hydrogen) atoms. The minimum Gasteiger partial charge on any atom is -0.480 e. The quantitative estimate of drug-likeness (QED) is 0.512. The van der Waals surface area contributed by atoms with Crippen molar-refractivity contribution in [3.05, 3.63) is 0 Å². The van der Waals surface area contributed by atoms with Gasteiger partial charge in [0.05, 0.1) is 0 Å². The van der Waals surface area contributed by atoms with Gasteiger partial charge in [-0.25, -0.2) is 4.79 Å². The molecule has 0 saturated heterocycles. The number of unbranched alkanes of at least 4 members (excludes halogenated alkanes) is 2. The van der Waals surface area contributed by atoms with Crippen LogP contribution in [0.25, 0.3) is 0 Å². The van der Waals surface area contributed by atoms with Gasteiger partial charge in [-0.3, -0.25) is 4.79 Å². The zero-order valence-electron chi connectivity index (χ0n) is 9.87. The maximum atomic E-state index is 11.4. The monoisotopic (exact) mass is 230 g/mol. The van der Waals surface area contributed by atoms with E-state index in [4.69, 9.17) is 10.8 Å². The second-order valence-electron chi connectivity index (χ2n) is 3.85. The molecule has 0 unspecified atom stereocenters. The van der Waals surface area contributed by atoms with E-state index in [1.807, 2.05) is 6.92 Å². The van der Waals surface area contributed by atoms with E-state index in [0.717, 1.165) is 25.7 Å². The van der Waals surface area contributed by atoms with Crippen molar-refractivity contribution < 1.29 is 14.7 Å². The molecule has 1 amide bonds. The second kappa shape index (κ2) is 9.15. The average Bonchev–Trinajstić information content (AvgIpc) is 2.25. The lowest BCUT2D eigenvalue weighted by molar-refractivity contribution is -0.142. The van der Waals surface area contributed by atoms with Crippen LogP contribution in [0.2, 0.25) is 0 Å². The van der Waals surface area contributed by atoms with Crippen LogP contribution in [0.1, 0.15) is 45.4 Å². The Morgan fingerprint density at radius 2 is 2.00 bits per heavy atom. The Morgan fingerprint density at radius 3 is 2.50 bits per heavy atom. The molecule has 0 aliphatic carbocycles. The number of aliphatic carboxylic acids is 1. The standard InChI is InChI=1S/C11H22N2O3/c1-2-3-7-10(14)13-9(11(15)16)6-4-5-8-12/h9H,2-8,12H2,1H3,(H,13,14)(H,15,16)/t9-/m0/s1. The third-order valence-corrected chi connectivity index (χ3v) is 2.34. The molecule has 0 rings (SSSR count). The minimum atomic E-state index is -0.970. The Bertz CT molecular complexity index is 219. The summed E-state index contributed by atoms with van der Waals surface area (Å²) in [6, 6.07) is -0.768. The van der Waals surface area contributed by atoms with Gasteiger partial charge in [-0.05, 0) is 32.2 Å². The number of rotatable bonds is 9. The predicted octanol–water partition coefficient (Wildman–Crippen LogP) is 0.875. The number of hydrogen-bond donors (Lipinski definition) is 3. The van der Waals surface area contributed by atoms with E-state index in [9.17, 15) is 9.59 Å². The highest BCUT2D eigenvalue weighted by Gasteiger charge is 2.18. The number of nitrogens with one attached hydrogen (secondary N) is 1. The third kappa shape index (κ3) is 7.23. The van der Waals surface area contributed by atoms with Crippen LogP contribution < -0.4 is 11.1 Å². The highest BCUT2D eigenvalue weighted by molar-refractivity contribution is 5.83. The van der Waals surface area contributed by atoms with Crippen LogP contribution in [-0.4, -0.2) is 29.6 Å². The molecule has 0 heterocycles. The summed E-state index contributed by atoms with van der Waals surface area (Å²) in [6.07, 6.45) is 4.08. The fourth-order valence-electron chi connectivity index (χ4n) is 1.35. The van der Waals surface area contributed by atoms with E-state index >= 15 is 0 Å². The molecule has 0 aromatic heterocycles. The van der Waals surface area contributed by atoms with Crippen molar-refractivity contribution in [3.8, 4) is 0 Å². The van der Waals surface area contributed by atoms with Crippen LogP contribution in [-0.2, 0) is 9.59 Å². The van der Waals surface area contributed by atoms with E-state index < -0.39 is 12.0 Å². The fraction of sp³-hybridized carbons (Fsp3) is 0.818. The van der Waals surface area contributed by atoms with Gasteiger partial charge in [0.15, 0.2) is 0 Å². The first-order valence-electron chi connectivity index (χ1n) is 5.84. The number of hydrogen-bond acceptors (Lipinski definition) is 3. The molecule has 0 radical (unpaired) electrons. The molecular weight excluding hydrogens is 208 g/mol. The maximum absolute atomic E-state index is 11.4. The van der Waals surface area contributed by atoms with Gasteiger partial charge in [0, 0.05) is 6.42 Å². The SMILES string of the molecule is CCCCC(=O)N[C@@H](CCCCN)C(=O)O. The first-order chi connectivity index (χ1) is 7.61. The van der Waals surface area contributed by atoms with Gasteiger partial charge >= 0.3 is 5.97 Å². The van der Waals surface area contributed by atoms with Crippen molar-refractivity contribution in [3.63, 3.8) is 0 Å². The smallest absolute Gasteiger partial charge is 0.326 e. The van der Waals surface area contributed by atoms with E-state index in [0.29, 0.717) is 19.4 Å². The van der Waals surface area contributed by atoms with Crippen LogP contribution >= 0.6 is 0 Å². The molecule has 0 saturated carbocycles. The summed E-state index contributed by atoms with van der Waals surface area (Å²) in [5.41, 5.74) is 5.32. The number of nitrogens with two attached hydrogens (primary N) is 1. The van der Waals surface area contributed by atoms with Crippen LogP contribution in [0, 0.1) is 0 Å². The number of carboxylic acids is 1. The molecule has 0 bridgehead atoms. The minimum absolute atomic E-state index is 0.179. The summed E-state index contributed by atoms with van der Waals surface area (Å²) in [6.45, 7) is 2.54. The van der Waals surface area contributed by atoms with E-state index in [2.05, 4.69) is 5.32 Å². The molecule has 0 aromatic rings. The number of amides is 1. The van der Waals surface area contributed by atoms with Crippen LogP contribution in [0.4, 0.5) is 0 Å². The van der Waals surface area contributed by atoms with Gasteiger partial charge in [-0.2, -0.15) is 0 Å². The second-order valence-corrected chi connectivity index (χ2v) is 3.85. The molecule has 94 valence electrons. The first kappa shape index (κ1) is 14.9. The van der Waals surface area contributed by atoms with Gasteiger partial charge in [0.25, 0.3) is 0 Å². The Balaban J connectivity index is 3.92. The third-order valence-electron chi connectivity index (χ3n) is 2.34. The summed E-state index contributed by atoms with van der Waals surface area (Å²) >= 11 is 0. The van der Waals surface area contributed by atoms with Crippen LogP contribution in [0.3, 0.4) is 0 Å². The molecule has 5 heteroatoms. The Morgan fingerprint density at radius 1 is 1.31 bits per heavy atom. The summed E-state index contributed by atoms with van der Waals surface area (Å²) in [4.78, 5) is 22.2. The van der Waals surface area contributed by atoms with Crippen molar-refractivity contribution >= 4 is 11.9 Å². The molecule has 0 aliphatic rings. The van der Waals surface area contributed by atoms with Crippen LogP contribution in [0.15, 0.2) is 0 Å². The lowest BCUT2D eigenvalue weighted by Gasteiger charge is -2.14.